The number of nitrogens with one attached hydrogen (secondary N) is 1. The molecule has 2 fully saturated rings. The minimum absolute atomic E-state index is 0.140. The monoisotopic (exact) mass is 343 g/mol. The molecule has 0 radical (unpaired) electrons. The summed E-state index contributed by atoms with van der Waals surface area (Å²) in [6.07, 6.45) is 2.95. The second kappa shape index (κ2) is 5.33. The topological polar surface area (TPSA) is 89.5 Å². The van der Waals surface area contributed by atoms with E-state index in [9.17, 15) is 18.0 Å². The van der Waals surface area contributed by atoms with Crippen molar-refractivity contribution in [1.29, 1.82) is 0 Å². The van der Waals surface area contributed by atoms with Crippen molar-refractivity contribution in [2.75, 3.05) is 0 Å². The first-order valence-corrected chi connectivity index (χ1v) is 9.25. The molecule has 0 aromatic rings. The standard InChI is InChI=1S/C16H25NO5S/c1-6-11-9-16(11,10-12(18)22-14(2,3)4)13(19)17-23(20,21)15(5)7-8-15/h6,11H,1,7-10H2,2-5H3,(H,17,19)/t11-,16-/m1/s1. The van der Waals surface area contributed by atoms with Gasteiger partial charge in [0.15, 0.2) is 0 Å². The highest BCUT2D eigenvalue weighted by atomic mass is 32.2. The molecule has 6 nitrogen and oxygen atoms in total. The quantitative estimate of drug-likeness (QED) is 0.588. The zero-order valence-electron chi connectivity index (χ0n) is 14.1. The maximum Gasteiger partial charge on any atom is 0.307 e. The fourth-order valence-electron chi connectivity index (χ4n) is 2.61. The zero-order chi connectivity index (χ0) is 17.7. The Balaban J connectivity index is 2.11. The van der Waals surface area contributed by atoms with Gasteiger partial charge >= 0.3 is 5.97 Å². The van der Waals surface area contributed by atoms with Crippen LogP contribution in [0.2, 0.25) is 0 Å². The largest absolute Gasteiger partial charge is 0.460 e. The molecule has 2 saturated carbocycles. The lowest BCUT2D eigenvalue weighted by Gasteiger charge is -2.23. The van der Waals surface area contributed by atoms with E-state index in [2.05, 4.69) is 11.3 Å². The van der Waals surface area contributed by atoms with Crippen LogP contribution >= 0.6 is 0 Å². The molecule has 7 heteroatoms. The van der Waals surface area contributed by atoms with Gasteiger partial charge in [-0.15, -0.1) is 6.58 Å². The predicted molar refractivity (Wildman–Crippen MR) is 85.9 cm³/mol. The van der Waals surface area contributed by atoms with Crippen LogP contribution in [0.3, 0.4) is 0 Å². The summed E-state index contributed by atoms with van der Waals surface area (Å²) < 4.78 is 31.0. The molecule has 23 heavy (non-hydrogen) atoms. The van der Waals surface area contributed by atoms with Crippen LogP contribution < -0.4 is 4.72 Å². The van der Waals surface area contributed by atoms with Crippen LogP contribution in [0.1, 0.15) is 53.4 Å². The molecule has 0 unspecified atom stereocenters. The maximum atomic E-state index is 12.5. The summed E-state index contributed by atoms with van der Waals surface area (Å²) >= 11 is 0. The van der Waals surface area contributed by atoms with E-state index in [0.717, 1.165) is 0 Å². The number of hydrogen-bond acceptors (Lipinski definition) is 5. The van der Waals surface area contributed by atoms with Gasteiger partial charge in [-0.1, -0.05) is 6.08 Å². The van der Waals surface area contributed by atoms with Crippen LogP contribution in [0.15, 0.2) is 12.7 Å². The van der Waals surface area contributed by atoms with Gasteiger partial charge in [-0.2, -0.15) is 0 Å². The number of allylic oxidation sites excluding steroid dienone is 1. The van der Waals surface area contributed by atoms with Crippen molar-refractivity contribution in [3.63, 3.8) is 0 Å². The Labute approximate surface area is 137 Å². The van der Waals surface area contributed by atoms with Gasteiger partial charge in [0, 0.05) is 0 Å². The van der Waals surface area contributed by atoms with Gasteiger partial charge in [-0.3, -0.25) is 14.3 Å². The summed E-state index contributed by atoms with van der Waals surface area (Å²) in [5.74, 6) is -1.34. The second-order valence-electron chi connectivity index (χ2n) is 7.85. The Morgan fingerprint density at radius 2 is 1.91 bits per heavy atom. The molecule has 0 aliphatic heterocycles. The average molecular weight is 343 g/mol. The van der Waals surface area contributed by atoms with E-state index in [1.165, 1.54) is 0 Å². The van der Waals surface area contributed by atoms with E-state index in [-0.39, 0.29) is 12.3 Å². The van der Waals surface area contributed by atoms with Gasteiger partial charge in [-0.05, 0) is 52.9 Å². The molecule has 1 amide bonds. The third-order valence-electron chi connectivity index (χ3n) is 4.58. The van der Waals surface area contributed by atoms with Crippen molar-refractivity contribution in [2.45, 2.75) is 63.7 Å². The van der Waals surface area contributed by atoms with Crippen molar-refractivity contribution in [3.05, 3.63) is 12.7 Å². The lowest BCUT2D eigenvalue weighted by atomic mass is 9.98. The smallest absolute Gasteiger partial charge is 0.307 e. The maximum absolute atomic E-state index is 12.5. The van der Waals surface area contributed by atoms with Gasteiger partial charge < -0.3 is 4.74 Å². The molecule has 1 N–H and O–H groups in total. The first kappa shape index (κ1) is 18.0. The molecule has 0 saturated heterocycles. The van der Waals surface area contributed by atoms with Crippen molar-refractivity contribution >= 4 is 21.9 Å². The minimum atomic E-state index is -3.72. The molecule has 2 atom stereocenters. The van der Waals surface area contributed by atoms with Crippen molar-refractivity contribution in [1.82, 2.24) is 4.72 Å². The summed E-state index contributed by atoms with van der Waals surface area (Å²) in [4.78, 5) is 24.6. The summed E-state index contributed by atoms with van der Waals surface area (Å²) in [6, 6.07) is 0. The summed E-state index contributed by atoms with van der Waals surface area (Å²) in [7, 11) is -3.72. The number of esters is 1. The Bertz CT molecular complexity index is 642. The second-order valence-corrected chi connectivity index (χ2v) is 10.0. The van der Waals surface area contributed by atoms with Gasteiger partial charge in [-0.25, -0.2) is 8.42 Å². The van der Waals surface area contributed by atoms with Gasteiger partial charge in [0.05, 0.1) is 16.6 Å². The Morgan fingerprint density at radius 3 is 2.30 bits per heavy atom. The number of carbonyl (C=O) groups excluding carboxylic acids is 2. The highest BCUT2D eigenvalue weighted by Gasteiger charge is 2.62. The Morgan fingerprint density at radius 1 is 1.35 bits per heavy atom. The molecule has 0 heterocycles. The number of rotatable bonds is 6. The summed E-state index contributed by atoms with van der Waals surface area (Å²) in [6.45, 7) is 10.5. The molecule has 130 valence electrons. The average Bonchev–Trinajstić information content (AvgIpc) is 3.24. The van der Waals surface area contributed by atoms with E-state index in [1.54, 1.807) is 33.8 Å². The number of ether oxygens (including phenoxy) is 1. The lowest BCUT2D eigenvalue weighted by Crippen LogP contribution is -2.43. The van der Waals surface area contributed by atoms with Crippen LogP contribution in [-0.2, 0) is 24.3 Å². The Hall–Kier alpha value is -1.37. The van der Waals surface area contributed by atoms with Gasteiger partial charge in [0.1, 0.15) is 5.60 Å². The van der Waals surface area contributed by atoms with E-state index in [1.807, 2.05) is 0 Å². The molecule has 2 aliphatic carbocycles. The molecule has 0 spiro atoms. The molecule has 0 aromatic carbocycles. The van der Waals surface area contributed by atoms with Crippen LogP contribution in [-0.4, -0.2) is 30.6 Å². The number of hydrogen-bond donors (Lipinski definition) is 1. The molecule has 0 aromatic heterocycles. The number of amides is 1. The summed E-state index contributed by atoms with van der Waals surface area (Å²) in [5, 5.41) is 0. The SMILES string of the molecule is C=C[C@@H]1C[C@]1(CC(=O)OC(C)(C)C)C(=O)NS(=O)(=O)C1(C)CC1. The van der Waals surface area contributed by atoms with Crippen LogP contribution in [0.4, 0.5) is 0 Å². The molecular formula is C16H25NO5S. The van der Waals surface area contributed by atoms with Crippen molar-refractivity contribution in [3.8, 4) is 0 Å². The highest BCUT2D eigenvalue weighted by molar-refractivity contribution is 7.91. The van der Waals surface area contributed by atoms with Gasteiger partial charge in [0.2, 0.25) is 15.9 Å². The van der Waals surface area contributed by atoms with E-state index < -0.39 is 37.7 Å². The first-order valence-electron chi connectivity index (χ1n) is 7.76. The molecule has 0 bridgehead atoms. The Kier molecular flexibility index (Phi) is 4.16. The van der Waals surface area contributed by atoms with E-state index in [4.69, 9.17) is 4.74 Å². The number of carbonyl (C=O) groups is 2. The lowest BCUT2D eigenvalue weighted by molar-refractivity contribution is -0.158. The first-order chi connectivity index (χ1) is 10.4. The molecule has 2 aliphatic rings. The van der Waals surface area contributed by atoms with Crippen molar-refractivity contribution < 1.29 is 22.7 Å². The van der Waals surface area contributed by atoms with Crippen LogP contribution in [0, 0.1) is 11.3 Å². The van der Waals surface area contributed by atoms with Gasteiger partial charge in [0.25, 0.3) is 0 Å². The van der Waals surface area contributed by atoms with E-state index >= 15 is 0 Å². The highest BCUT2D eigenvalue weighted by Crippen LogP contribution is 2.57. The van der Waals surface area contributed by atoms with Crippen LogP contribution in [0.5, 0.6) is 0 Å². The fourth-order valence-corrected chi connectivity index (χ4v) is 3.95. The van der Waals surface area contributed by atoms with Crippen molar-refractivity contribution in [2.24, 2.45) is 11.3 Å². The van der Waals surface area contributed by atoms with E-state index in [0.29, 0.717) is 19.3 Å². The normalized spacial score (nSPS) is 28.6. The fraction of sp³-hybridized carbons (Fsp3) is 0.750. The predicted octanol–water partition coefficient (Wildman–Crippen LogP) is 1.91. The third kappa shape index (κ3) is 3.59. The third-order valence-corrected chi connectivity index (χ3v) is 6.74. The minimum Gasteiger partial charge on any atom is -0.460 e. The zero-order valence-corrected chi connectivity index (χ0v) is 15.0. The van der Waals surface area contributed by atoms with Crippen LogP contribution in [0.25, 0.3) is 0 Å². The molecule has 2 rings (SSSR count). The summed E-state index contributed by atoms with van der Waals surface area (Å²) in [5.41, 5.74) is -1.71. The number of sulfonamides is 1. The molecular weight excluding hydrogens is 318 g/mol.